The number of hydrogen-bond donors (Lipinski definition) is 2. The predicted molar refractivity (Wildman–Crippen MR) is 71.8 cm³/mol. The molecule has 2 aliphatic rings. The van der Waals surface area contributed by atoms with Crippen molar-refractivity contribution >= 4 is 6.03 Å². The van der Waals surface area contributed by atoms with Crippen LogP contribution in [-0.2, 0) is 4.74 Å². The van der Waals surface area contributed by atoms with E-state index in [4.69, 9.17) is 4.74 Å². The molecular weight excluding hydrogens is 242 g/mol. The van der Waals surface area contributed by atoms with E-state index in [-0.39, 0.29) is 24.2 Å². The number of carbonyl (C=O) groups is 1. The third-order valence-corrected chi connectivity index (χ3v) is 4.18. The van der Waals surface area contributed by atoms with Gasteiger partial charge in [0.05, 0.1) is 18.2 Å². The molecule has 2 saturated heterocycles. The number of rotatable bonds is 2. The summed E-state index contributed by atoms with van der Waals surface area (Å²) in [5.41, 5.74) is 1.13. The van der Waals surface area contributed by atoms with Gasteiger partial charge in [-0.2, -0.15) is 0 Å². The highest BCUT2D eigenvalue weighted by Crippen LogP contribution is 2.31. The smallest absolute Gasteiger partial charge is 0.318 e. The average Bonchev–Trinajstić information content (AvgIpc) is 3.09. The summed E-state index contributed by atoms with van der Waals surface area (Å²) in [5, 5.41) is 3.11. The summed E-state index contributed by atoms with van der Waals surface area (Å²) in [5.74, 6) is 0. The summed E-state index contributed by atoms with van der Waals surface area (Å²) in [7, 11) is 0. The van der Waals surface area contributed by atoms with Crippen molar-refractivity contribution in [2.24, 2.45) is 0 Å². The van der Waals surface area contributed by atoms with Crippen LogP contribution >= 0.6 is 0 Å². The second-order valence-electron chi connectivity index (χ2n) is 5.40. The van der Waals surface area contributed by atoms with E-state index >= 15 is 0 Å². The Morgan fingerprint density at radius 1 is 1.53 bits per heavy atom. The van der Waals surface area contributed by atoms with Crippen LogP contribution in [0.15, 0.2) is 18.3 Å². The number of ether oxygens (including phenoxy) is 1. The Labute approximate surface area is 113 Å². The molecule has 0 aromatic carbocycles. The number of amides is 2. The zero-order valence-corrected chi connectivity index (χ0v) is 11.3. The van der Waals surface area contributed by atoms with E-state index in [0.717, 1.165) is 38.1 Å². The third kappa shape index (κ3) is 2.47. The Balaban J connectivity index is 1.65. The fourth-order valence-corrected chi connectivity index (χ4v) is 3.05. The molecule has 0 unspecified atom stereocenters. The zero-order valence-electron chi connectivity index (χ0n) is 11.3. The van der Waals surface area contributed by atoms with Crippen LogP contribution in [0.3, 0.4) is 0 Å². The summed E-state index contributed by atoms with van der Waals surface area (Å²) < 4.78 is 5.49. The lowest BCUT2D eigenvalue weighted by molar-refractivity contribution is 0.111. The minimum atomic E-state index is 0.0412. The van der Waals surface area contributed by atoms with Crippen molar-refractivity contribution in [1.82, 2.24) is 15.2 Å². The molecule has 5 heteroatoms. The van der Waals surface area contributed by atoms with Gasteiger partial charge in [0.25, 0.3) is 0 Å². The molecule has 0 spiro atoms. The monoisotopic (exact) mass is 263 g/mol. The molecule has 2 amide bonds. The minimum Gasteiger partial charge on any atom is -0.376 e. The van der Waals surface area contributed by atoms with E-state index in [1.165, 1.54) is 0 Å². The molecule has 104 valence electrons. The normalized spacial score (nSPS) is 30.8. The van der Waals surface area contributed by atoms with E-state index in [1.807, 2.05) is 24.1 Å². The Hall–Kier alpha value is -1.49. The Morgan fingerprint density at radius 2 is 2.42 bits per heavy atom. The highest BCUT2D eigenvalue weighted by Gasteiger charge is 2.33. The number of hydrogen-bond acceptors (Lipinski definition) is 2. The Bertz CT molecular complexity index is 432. The summed E-state index contributed by atoms with van der Waals surface area (Å²) in [6, 6.07) is 4.42. The SMILES string of the molecule is C[C@@H]1OCC[C@@H]1NC(=O)N1CCC[C@H]1c1ccc[nH]1. The summed E-state index contributed by atoms with van der Waals surface area (Å²) in [6.45, 7) is 3.59. The Morgan fingerprint density at radius 3 is 3.11 bits per heavy atom. The standard InChI is InChI=1S/C14H21N3O2/c1-10-11(6-9-19-10)16-14(18)17-8-3-5-13(17)12-4-2-7-15-12/h2,4,7,10-11,13,15H,3,5-6,8-9H2,1H3,(H,16,18)/t10-,11-,13-/m0/s1. The summed E-state index contributed by atoms with van der Waals surface area (Å²) in [4.78, 5) is 17.6. The maximum absolute atomic E-state index is 12.4. The first kappa shape index (κ1) is 12.5. The zero-order chi connectivity index (χ0) is 13.2. The van der Waals surface area contributed by atoms with Crippen LogP contribution in [0, 0.1) is 0 Å². The number of carbonyl (C=O) groups excluding carboxylic acids is 1. The molecule has 3 heterocycles. The molecule has 0 bridgehead atoms. The van der Waals surface area contributed by atoms with Crippen LogP contribution in [0.25, 0.3) is 0 Å². The lowest BCUT2D eigenvalue weighted by Crippen LogP contribution is -2.46. The van der Waals surface area contributed by atoms with Crippen molar-refractivity contribution in [3.63, 3.8) is 0 Å². The fraction of sp³-hybridized carbons (Fsp3) is 0.643. The lowest BCUT2D eigenvalue weighted by atomic mass is 10.1. The van der Waals surface area contributed by atoms with Gasteiger partial charge in [-0.05, 0) is 38.3 Å². The minimum absolute atomic E-state index is 0.0412. The first-order valence-corrected chi connectivity index (χ1v) is 7.08. The van der Waals surface area contributed by atoms with Crippen molar-refractivity contribution in [2.45, 2.75) is 44.4 Å². The maximum Gasteiger partial charge on any atom is 0.318 e. The lowest BCUT2D eigenvalue weighted by Gasteiger charge is -2.27. The van der Waals surface area contributed by atoms with Gasteiger partial charge >= 0.3 is 6.03 Å². The van der Waals surface area contributed by atoms with Gasteiger partial charge in [-0.15, -0.1) is 0 Å². The van der Waals surface area contributed by atoms with Gasteiger partial charge in [0.2, 0.25) is 0 Å². The van der Waals surface area contributed by atoms with Gasteiger partial charge < -0.3 is 19.9 Å². The van der Waals surface area contributed by atoms with Gasteiger partial charge in [0.15, 0.2) is 0 Å². The molecule has 0 aliphatic carbocycles. The molecule has 3 rings (SSSR count). The van der Waals surface area contributed by atoms with E-state index < -0.39 is 0 Å². The van der Waals surface area contributed by atoms with Crippen LogP contribution in [-0.4, -0.2) is 41.2 Å². The number of likely N-dealkylation sites (tertiary alicyclic amines) is 1. The number of aromatic amines is 1. The number of H-pyrrole nitrogens is 1. The number of nitrogens with one attached hydrogen (secondary N) is 2. The van der Waals surface area contributed by atoms with Gasteiger partial charge in [-0.1, -0.05) is 0 Å². The van der Waals surface area contributed by atoms with Gasteiger partial charge in [0.1, 0.15) is 0 Å². The molecular formula is C14H21N3O2. The number of aromatic nitrogens is 1. The van der Waals surface area contributed by atoms with Crippen LogP contribution in [0.4, 0.5) is 4.79 Å². The molecule has 19 heavy (non-hydrogen) atoms. The van der Waals surface area contributed by atoms with Crippen LogP contribution < -0.4 is 5.32 Å². The van der Waals surface area contributed by atoms with Crippen LogP contribution in [0.5, 0.6) is 0 Å². The molecule has 2 N–H and O–H groups in total. The molecule has 0 saturated carbocycles. The van der Waals surface area contributed by atoms with E-state index in [2.05, 4.69) is 16.4 Å². The summed E-state index contributed by atoms with van der Waals surface area (Å²) in [6.07, 6.45) is 5.04. The molecule has 0 radical (unpaired) electrons. The quantitative estimate of drug-likeness (QED) is 0.858. The number of nitrogens with zero attached hydrogens (tertiary/aromatic N) is 1. The fourth-order valence-electron chi connectivity index (χ4n) is 3.05. The predicted octanol–water partition coefficient (Wildman–Crippen LogP) is 2.04. The average molecular weight is 263 g/mol. The van der Waals surface area contributed by atoms with Crippen molar-refractivity contribution in [3.05, 3.63) is 24.0 Å². The third-order valence-electron chi connectivity index (χ3n) is 4.18. The maximum atomic E-state index is 12.4. The molecule has 1 aromatic rings. The molecule has 2 aliphatic heterocycles. The molecule has 1 aromatic heterocycles. The number of urea groups is 1. The van der Waals surface area contributed by atoms with E-state index in [0.29, 0.717) is 0 Å². The van der Waals surface area contributed by atoms with Gasteiger partial charge in [0, 0.05) is 25.0 Å². The second kappa shape index (κ2) is 5.25. The molecule has 2 fully saturated rings. The van der Waals surface area contributed by atoms with E-state index in [9.17, 15) is 4.79 Å². The van der Waals surface area contributed by atoms with E-state index in [1.54, 1.807) is 0 Å². The first-order valence-electron chi connectivity index (χ1n) is 7.08. The highest BCUT2D eigenvalue weighted by molar-refractivity contribution is 5.75. The Kier molecular flexibility index (Phi) is 3.46. The van der Waals surface area contributed by atoms with Crippen molar-refractivity contribution in [1.29, 1.82) is 0 Å². The summed E-state index contributed by atoms with van der Waals surface area (Å²) >= 11 is 0. The van der Waals surface area contributed by atoms with Gasteiger partial charge in [-0.25, -0.2) is 4.79 Å². The van der Waals surface area contributed by atoms with Crippen molar-refractivity contribution in [2.75, 3.05) is 13.2 Å². The van der Waals surface area contributed by atoms with Crippen molar-refractivity contribution < 1.29 is 9.53 Å². The second-order valence-corrected chi connectivity index (χ2v) is 5.40. The topological polar surface area (TPSA) is 57.4 Å². The largest absolute Gasteiger partial charge is 0.376 e. The van der Waals surface area contributed by atoms with Crippen LogP contribution in [0.1, 0.15) is 37.9 Å². The molecule has 3 atom stereocenters. The van der Waals surface area contributed by atoms with Crippen molar-refractivity contribution in [3.8, 4) is 0 Å². The molecule has 5 nitrogen and oxygen atoms in total. The first-order chi connectivity index (χ1) is 9.25. The highest BCUT2D eigenvalue weighted by atomic mass is 16.5. The van der Waals surface area contributed by atoms with Crippen LogP contribution in [0.2, 0.25) is 0 Å². The van der Waals surface area contributed by atoms with Gasteiger partial charge in [-0.3, -0.25) is 0 Å².